The number of aryl methyl sites for hydroxylation is 1. The lowest BCUT2D eigenvalue weighted by Gasteiger charge is -2.24. The molecular formula is C15H15BrClN3O. The van der Waals surface area contributed by atoms with Crippen molar-refractivity contribution in [1.29, 1.82) is 0 Å². The van der Waals surface area contributed by atoms with Gasteiger partial charge in [-0.1, -0.05) is 27.5 Å². The van der Waals surface area contributed by atoms with E-state index < -0.39 is 0 Å². The highest BCUT2D eigenvalue weighted by molar-refractivity contribution is 9.10. The molecule has 1 aliphatic carbocycles. The zero-order valence-corrected chi connectivity index (χ0v) is 13.9. The fraction of sp³-hybridized carbons (Fsp3) is 0.333. The van der Waals surface area contributed by atoms with Crippen molar-refractivity contribution >= 4 is 33.4 Å². The van der Waals surface area contributed by atoms with Crippen LogP contribution in [-0.4, -0.2) is 15.7 Å². The molecule has 0 spiro atoms. The molecule has 1 aromatic carbocycles. The van der Waals surface area contributed by atoms with E-state index in [1.165, 1.54) is 5.69 Å². The Kier molecular flexibility index (Phi) is 4.04. The van der Waals surface area contributed by atoms with E-state index in [4.69, 9.17) is 11.6 Å². The average molecular weight is 369 g/mol. The number of hydrogen-bond acceptors (Lipinski definition) is 2. The van der Waals surface area contributed by atoms with E-state index in [2.05, 4.69) is 26.3 Å². The van der Waals surface area contributed by atoms with Gasteiger partial charge in [-0.25, -0.2) is 0 Å². The summed E-state index contributed by atoms with van der Waals surface area (Å²) in [4.78, 5) is 12.5. The smallest absolute Gasteiger partial charge is 0.253 e. The van der Waals surface area contributed by atoms with E-state index in [1.54, 1.807) is 12.1 Å². The van der Waals surface area contributed by atoms with E-state index in [0.29, 0.717) is 10.6 Å². The van der Waals surface area contributed by atoms with Crippen LogP contribution in [0.4, 0.5) is 0 Å². The first kappa shape index (κ1) is 14.6. The van der Waals surface area contributed by atoms with Crippen LogP contribution in [-0.2, 0) is 13.5 Å². The summed E-state index contributed by atoms with van der Waals surface area (Å²) in [5.74, 6) is -0.150. The number of nitrogens with one attached hydrogen (secondary N) is 1. The molecule has 21 heavy (non-hydrogen) atoms. The van der Waals surface area contributed by atoms with E-state index in [9.17, 15) is 4.79 Å². The average Bonchev–Trinajstić information content (AvgIpc) is 2.84. The summed E-state index contributed by atoms with van der Waals surface area (Å²) < 4.78 is 2.72. The van der Waals surface area contributed by atoms with E-state index in [-0.39, 0.29) is 11.9 Å². The molecule has 110 valence electrons. The molecule has 6 heteroatoms. The third-order valence-corrected chi connectivity index (χ3v) is 4.68. The Bertz CT molecular complexity index is 698. The SMILES string of the molecule is Cn1ncc2c1CCCC2NC(=O)c1cc(Br)ccc1Cl. The maximum Gasteiger partial charge on any atom is 0.253 e. The van der Waals surface area contributed by atoms with Crippen LogP contribution < -0.4 is 5.32 Å². The first-order valence-electron chi connectivity index (χ1n) is 6.83. The maximum atomic E-state index is 12.5. The zero-order chi connectivity index (χ0) is 15.0. The number of carbonyl (C=O) groups is 1. The number of fused-ring (bicyclic) bond motifs is 1. The van der Waals surface area contributed by atoms with Crippen molar-refractivity contribution in [3.8, 4) is 0 Å². The van der Waals surface area contributed by atoms with Gasteiger partial charge in [0.2, 0.25) is 0 Å². The lowest BCUT2D eigenvalue weighted by molar-refractivity contribution is 0.0932. The molecule has 0 saturated heterocycles. The summed E-state index contributed by atoms with van der Waals surface area (Å²) in [6, 6.07) is 5.28. The number of hydrogen-bond donors (Lipinski definition) is 1. The normalized spacial score (nSPS) is 17.4. The van der Waals surface area contributed by atoms with Gasteiger partial charge in [-0.15, -0.1) is 0 Å². The number of aromatic nitrogens is 2. The quantitative estimate of drug-likeness (QED) is 0.879. The number of benzene rings is 1. The highest BCUT2D eigenvalue weighted by Crippen LogP contribution is 2.30. The fourth-order valence-corrected chi connectivity index (χ4v) is 3.33. The van der Waals surface area contributed by atoms with Gasteiger partial charge in [0, 0.05) is 22.8 Å². The highest BCUT2D eigenvalue weighted by atomic mass is 79.9. The van der Waals surface area contributed by atoms with Gasteiger partial charge in [0.15, 0.2) is 0 Å². The van der Waals surface area contributed by atoms with Crippen molar-refractivity contribution in [3.05, 3.63) is 50.7 Å². The Morgan fingerprint density at radius 3 is 3.14 bits per heavy atom. The monoisotopic (exact) mass is 367 g/mol. The van der Waals surface area contributed by atoms with Gasteiger partial charge in [0.05, 0.1) is 22.8 Å². The molecule has 1 unspecified atom stereocenters. The summed E-state index contributed by atoms with van der Waals surface area (Å²) in [5, 5.41) is 7.82. The number of rotatable bonds is 2. The molecule has 0 bridgehead atoms. The van der Waals surface area contributed by atoms with E-state index >= 15 is 0 Å². The summed E-state index contributed by atoms with van der Waals surface area (Å²) in [6.07, 6.45) is 4.83. The molecule has 1 aromatic heterocycles. The topological polar surface area (TPSA) is 46.9 Å². The molecule has 1 amide bonds. The van der Waals surface area contributed by atoms with Crippen molar-refractivity contribution in [1.82, 2.24) is 15.1 Å². The minimum atomic E-state index is -0.150. The lowest BCUT2D eigenvalue weighted by Crippen LogP contribution is -2.31. The summed E-state index contributed by atoms with van der Waals surface area (Å²) in [7, 11) is 1.94. The highest BCUT2D eigenvalue weighted by Gasteiger charge is 2.25. The summed E-state index contributed by atoms with van der Waals surface area (Å²) >= 11 is 9.48. The second-order valence-electron chi connectivity index (χ2n) is 5.21. The van der Waals surface area contributed by atoms with Crippen LogP contribution in [0.2, 0.25) is 5.02 Å². The van der Waals surface area contributed by atoms with Crippen molar-refractivity contribution < 1.29 is 4.79 Å². The second kappa shape index (κ2) is 5.81. The molecule has 1 aliphatic rings. The maximum absolute atomic E-state index is 12.5. The van der Waals surface area contributed by atoms with Gasteiger partial charge in [0.1, 0.15) is 0 Å². The first-order valence-corrected chi connectivity index (χ1v) is 8.00. The zero-order valence-electron chi connectivity index (χ0n) is 11.6. The van der Waals surface area contributed by atoms with E-state index in [1.807, 2.05) is 24.0 Å². The predicted octanol–water partition coefficient (Wildman–Crippen LogP) is 3.64. The Hall–Kier alpha value is -1.33. The standard InChI is InChI=1S/C15H15BrClN3O/c1-20-14-4-2-3-13(11(14)8-18-20)19-15(21)10-7-9(16)5-6-12(10)17/h5-8,13H,2-4H2,1H3,(H,19,21). The predicted molar refractivity (Wildman–Crippen MR) is 85.5 cm³/mol. The van der Waals surface area contributed by atoms with Crippen LogP contribution >= 0.6 is 27.5 Å². The van der Waals surface area contributed by atoms with Crippen molar-refractivity contribution in [2.75, 3.05) is 0 Å². The first-order chi connectivity index (χ1) is 10.1. The molecule has 1 N–H and O–H groups in total. The third kappa shape index (κ3) is 2.85. The van der Waals surface area contributed by atoms with Gasteiger partial charge in [-0.3, -0.25) is 9.48 Å². The molecule has 2 aromatic rings. The minimum absolute atomic E-state index is 0.00463. The molecular weight excluding hydrogens is 354 g/mol. The van der Waals surface area contributed by atoms with Gasteiger partial charge in [0.25, 0.3) is 5.91 Å². The van der Waals surface area contributed by atoms with Crippen molar-refractivity contribution in [2.24, 2.45) is 7.05 Å². The molecule has 0 saturated carbocycles. The van der Waals surface area contributed by atoms with Gasteiger partial charge in [-0.05, 0) is 37.5 Å². The number of carbonyl (C=O) groups excluding carboxylic acids is 1. The Labute approximate surface area is 136 Å². The lowest BCUT2D eigenvalue weighted by atomic mass is 9.93. The Morgan fingerprint density at radius 1 is 1.52 bits per heavy atom. The van der Waals surface area contributed by atoms with Crippen LogP contribution in [0.5, 0.6) is 0 Å². The van der Waals surface area contributed by atoms with Crippen molar-refractivity contribution in [2.45, 2.75) is 25.3 Å². The minimum Gasteiger partial charge on any atom is -0.345 e. The van der Waals surface area contributed by atoms with Crippen LogP contribution in [0.1, 0.15) is 40.5 Å². The number of nitrogens with zero attached hydrogens (tertiary/aromatic N) is 2. The molecule has 3 rings (SSSR count). The fourth-order valence-electron chi connectivity index (χ4n) is 2.76. The third-order valence-electron chi connectivity index (χ3n) is 3.85. The Balaban J connectivity index is 1.84. The Morgan fingerprint density at radius 2 is 2.33 bits per heavy atom. The van der Waals surface area contributed by atoms with Crippen molar-refractivity contribution in [3.63, 3.8) is 0 Å². The van der Waals surface area contributed by atoms with Crippen LogP contribution in [0.25, 0.3) is 0 Å². The molecule has 4 nitrogen and oxygen atoms in total. The van der Waals surface area contributed by atoms with Crippen LogP contribution in [0, 0.1) is 0 Å². The van der Waals surface area contributed by atoms with Crippen LogP contribution in [0.3, 0.4) is 0 Å². The van der Waals surface area contributed by atoms with E-state index in [0.717, 1.165) is 29.3 Å². The number of amides is 1. The van der Waals surface area contributed by atoms with Crippen LogP contribution in [0.15, 0.2) is 28.9 Å². The van der Waals surface area contributed by atoms with Gasteiger partial charge >= 0.3 is 0 Å². The molecule has 1 atom stereocenters. The molecule has 0 radical (unpaired) electrons. The molecule has 1 heterocycles. The van der Waals surface area contributed by atoms with Gasteiger partial charge < -0.3 is 5.32 Å². The second-order valence-corrected chi connectivity index (χ2v) is 6.54. The summed E-state index contributed by atoms with van der Waals surface area (Å²) in [5.41, 5.74) is 2.80. The number of halogens is 2. The molecule has 0 aliphatic heterocycles. The molecule has 0 fully saturated rings. The summed E-state index contributed by atoms with van der Waals surface area (Å²) in [6.45, 7) is 0. The van der Waals surface area contributed by atoms with Gasteiger partial charge in [-0.2, -0.15) is 5.10 Å². The largest absolute Gasteiger partial charge is 0.345 e.